The second kappa shape index (κ2) is 7.58. The first-order valence-electron chi connectivity index (χ1n) is 8.82. The predicted molar refractivity (Wildman–Crippen MR) is 99.3 cm³/mol. The quantitative estimate of drug-likeness (QED) is 0.493. The summed E-state index contributed by atoms with van der Waals surface area (Å²) < 4.78 is 17.1. The van der Waals surface area contributed by atoms with Crippen LogP contribution in [0, 0.1) is 0 Å². The molecule has 0 saturated heterocycles. The number of ether oxygens (including phenoxy) is 2. The highest BCUT2D eigenvalue weighted by molar-refractivity contribution is 6.13. The Hall–Kier alpha value is -3.95. The van der Waals surface area contributed by atoms with E-state index in [9.17, 15) is 9.59 Å². The molecule has 3 heterocycles. The number of aromatic nitrogens is 4. The fourth-order valence-electron chi connectivity index (χ4n) is 3.15. The summed E-state index contributed by atoms with van der Waals surface area (Å²) in [5.41, 5.74) is 0.741. The third kappa shape index (κ3) is 3.24. The molecule has 1 aliphatic heterocycles. The van der Waals surface area contributed by atoms with Gasteiger partial charge in [0.1, 0.15) is 17.5 Å². The van der Waals surface area contributed by atoms with Gasteiger partial charge in [-0.1, -0.05) is 17.2 Å². The first-order valence-corrected chi connectivity index (χ1v) is 8.82. The second-order valence-corrected chi connectivity index (χ2v) is 6.06. The Kier molecular flexibility index (Phi) is 4.82. The van der Waals surface area contributed by atoms with Gasteiger partial charge in [0, 0.05) is 0 Å². The van der Waals surface area contributed by atoms with Gasteiger partial charge in [-0.2, -0.15) is 4.68 Å². The molecule has 148 valence electrons. The lowest BCUT2D eigenvalue weighted by atomic mass is 9.91. The molecular weight excluding hydrogens is 378 g/mol. The zero-order chi connectivity index (χ0) is 20.4. The molecule has 10 heteroatoms. The molecule has 1 aromatic carbocycles. The number of carbonyl (C=O) groups excluding carboxylic acids is 2. The van der Waals surface area contributed by atoms with Crippen molar-refractivity contribution < 1.29 is 23.5 Å². The van der Waals surface area contributed by atoms with Crippen molar-refractivity contribution in [2.45, 2.75) is 13.0 Å². The maximum absolute atomic E-state index is 13.3. The number of hydrogen-bond donors (Lipinski definition) is 1. The van der Waals surface area contributed by atoms with Crippen LogP contribution in [0.15, 0.2) is 58.3 Å². The number of nitrogens with one attached hydrogen (secondary N) is 1. The van der Waals surface area contributed by atoms with E-state index in [-0.39, 0.29) is 23.0 Å². The van der Waals surface area contributed by atoms with Gasteiger partial charge < -0.3 is 19.2 Å². The van der Waals surface area contributed by atoms with E-state index in [1.807, 2.05) is 6.92 Å². The number of allylic oxidation sites excluding steroid dienone is 1. The second-order valence-electron chi connectivity index (χ2n) is 6.06. The first-order chi connectivity index (χ1) is 14.1. The molecule has 10 nitrogen and oxygen atoms in total. The highest BCUT2D eigenvalue weighted by Crippen LogP contribution is 2.37. The predicted octanol–water partition coefficient (Wildman–Crippen LogP) is 1.99. The summed E-state index contributed by atoms with van der Waals surface area (Å²) in [7, 11) is 1.23. The molecule has 0 amide bonds. The summed E-state index contributed by atoms with van der Waals surface area (Å²) in [6, 6.07) is 9.47. The van der Waals surface area contributed by atoms with Crippen molar-refractivity contribution in [2.24, 2.45) is 0 Å². The zero-order valence-electron chi connectivity index (χ0n) is 15.7. The Bertz CT molecular complexity index is 1070. The molecule has 1 atom stereocenters. The van der Waals surface area contributed by atoms with Gasteiger partial charge in [-0.05, 0) is 47.2 Å². The summed E-state index contributed by atoms with van der Waals surface area (Å²) in [5, 5.41) is 14.4. The molecule has 0 radical (unpaired) electrons. The largest absolute Gasteiger partial charge is 0.494 e. The highest BCUT2D eigenvalue weighted by Gasteiger charge is 2.39. The summed E-state index contributed by atoms with van der Waals surface area (Å²) in [5.74, 6) is -0.234. The molecule has 0 spiro atoms. The van der Waals surface area contributed by atoms with Crippen LogP contribution in [0.4, 0.5) is 5.95 Å². The summed E-state index contributed by atoms with van der Waals surface area (Å²) in [4.78, 5) is 25.7. The molecule has 1 N–H and O–H groups in total. The smallest absolute Gasteiger partial charge is 0.355 e. The van der Waals surface area contributed by atoms with E-state index in [4.69, 9.17) is 13.9 Å². The number of rotatable bonds is 6. The number of carbonyl (C=O) groups is 2. The SMILES string of the molecule is CCOc1ccc([C@H]2C(C(=O)c3ccco3)=C(C(=O)OC)Nc3nnnn32)cc1. The van der Waals surface area contributed by atoms with Crippen LogP contribution in [-0.2, 0) is 9.53 Å². The van der Waals surface area contributed by atoms with Crippen molar-refractivity contribution in [1.29, 1.82) is 0 Å². The van der Waals surface area contributed by atoms with Crippen LogP contribution in [-0.4, -0.2) is 45.7 Å². The molecule has 0 unspecified atom stereocenters. The third-order valence-electron chi connectivity index (χ3n) is 4.40. The van der Waals surface area contributed by atoms with Crippen molar-refractivity contribution in [2.75, 3.05) is 19.0 Å². The average Bonchev–Trinajstić information content (AvgIpc) is 3.44. The van der Waals surface area contributed by atoms with E-state index in [2.05, 4.69) is 20.8 Å². The Balaban J connectivity index is 1.89. The Morgan fingerprint density at radius 3 is 2.69 bits per heavy atom. The fraction of sp³-hybridized carbons (Fsp3) is 0.211. The van der Waals surface area contributed by atoms with Crippen LogP contribution >= 0.6 is 0 Å². The van der Waals surface area contributed by atoms with Crippen LogP contribution in [0.2, 0.25) is 0 Å². The number of tetrazole rings is 1. The Labute approximate surface area is 165 Å². The molecule has 4 rings (SSSR count). The Morgan fingerprint density at radius 2 is 2.03 bits per heavy atom. The monoisotopic (exact) mass is 395 g/mol. The van der Waals surface area contributed by atoms with Crippen LogP contribution in [0.1, 0.15) is 29.1 Å². The fourth-order valence-corrected chi connectivity index (χ4v) is 3.15. The van der Waals surface area contributed by atoms with Crippen molar-refractivity contribution in [1.82, 2.24) is 20.2 Å². The molecule has 1 aliphatic rings. The van der Waals surface area contributed by atoms with Gasteiger partial charge in [0.05, 0.1) is 25.6 Å². The minimum Gasteiger partial charge on any atom is -0.494 e. The van der Waals surface area contributed by atoms with Crippen LogP contribution in [0.3, 0.4) is 0 Å². The number of Topliss-reactive ketones (excluding diaryl/α,β-unsaturated/α-hetero) is 1. The van der Waals surface area contributed by atoms with Gasteiger partial charge in [-0.3, -0.25) is 4.79 Å². The van der Waals surface area contributed by atoms with E-state index >= 15 is 0 Å². The minimum atomic E-state index is -0.774. The number of methoxy groups -OCH3 is 1. The molecule has 3 aromatic rings. The number of anilines is 1. The number of benzene rings is 1. The molecule has 0 aliphatic carbocycles. The minimum absolute atomic E-state index is 0.0462. The molecule has 2 aromatic heterocycles. The molecule has 0 bridgehead atoms. The molecule has 0 fully saturated rings. The molecule has 0 saturated carbocycles. The third-order valence-corrected chi connectivity index (χ3v) is 4.40. The van der Waals surface area contributed by atoms with Gasteiger partial charge >= 0.3 is 5.97 Å². The molecular formula is C19H17N5O5. The molecule has 29 heavy (non-hydrogen) atoms. The number of furan rings is 1. The maximum Gasteiger partial charge on any atom is 0.355 e. The van der Waals surface area contributed by atoms with E-state index in [1.54, 1.807) is 30.3 Å². The summed E-state index contributed by atoms with van der Waals surface area (Å²) in [6.45, 7) is 2.41. The summed E-state index contributed by atoms with van der Waals surface area (Å²) >= 11 is 0. The summed E-state index contributed by atoms with van der Waals surface area (Å²) in [6.07, 6.45) is 1.39. The number of esters is 1. The Morgan fingerprint density at radius 1 is 1.24 bits per heavy atom. The topological polar surface area (TPSA) is 121 Å². The van der Waals surface area contributed by atoms with Crippen LogP contribution in [0.5, 0.6) is 5.75 Å². The average molecular weight is 395 g/mol. The van der Waals surface area contributed by atoms with Crippen LogP contribution < -0.4 is 10.1 Å². The lowest BCUT2D eigenvalue weighted by Gasteiger charge is -2.27. The van der Waals surface area contributed by atoms with Gasteiger partial charge in [0.25, 0.3) is 0 Å². The van der Waals surface area contributed by atoms with Gasteiger partial charge in [-0.25, -0.2) is 4.79 Å². The van der Waals surface area contributed by atoms with Crippen molar-refractivity contribution in [3.8, 4) is 5.75 Å². The number of fused-ring (bicyclic) bond motifs is 1. The lowest BCUT2D eigenvalue weighted by molar-refractivity contribution is -0.136. The van der Waals surface area contributed by atoms with E-state index < -0.39 is 17.8 Å². The van der Waals surface area contributed by atoms with E-state index in [0.29, 0.717) is 17.9 Å². The normalized spacial score (nSPS) is 15.4. The van der Waals surface area contributed by atoms with Crippen molar-refractivity contribution in [3.63, 3.8) is 0 Å². The van der Waals surface area contributed by atoms with Gasteiger partial charge in [-0.15, -0.1) is 0 Å². The standard InChI is InChI=1S/C19H17N5O5/c1-3-28-12-8-6-11(7-9-12)16-14(17(25)13-5-4-10-29-13)15(18(26)27-2)20-19-21-22-23-24(16)19/h4-10,16H,3H2,1-2H3,(H,20,21,23)/t16-/m0/s1. The van der Waals surface area contributed by atoms with E-state index in [1.165, 1.54) is 24.1 Å². The first kappa shape index (κ1) is 18.4. The van der Waals surface area contributed by atoms with Crippen molar-refractivity contribution >= 4 is 17.7 Å². The van der Waals surface area contributed by atoms with Gasteiger partial charge in [0.15, 0.2) is 5.76 Å². The maximum atomic E-state index is 13.3. The number of ketones is 1. The number of hydrogen-bond acceptors (Lipinski definition) is 9. The van der Waals surface area contributed by atoms with Crippen LogP contribution in [0.25, 0.3) is 0 Å². The number of nitrogens with zero attached hydrogens (tertiary/aromatic N) is 4. The van der Waals surface area contributed by atoms with Crippen molar-refractivity contribution in [3.05, 3.63) is 65.3 Å². The zero-order valence-corrected chi connectivity index (χ0v) is 15.7. The van der Waals surface area contributed by atoms with Gasteiger partial charge in [0.2, 0.25) is 11.7 Å². The lowest BCUT2D eigenvalue weighted by Crippen LogP contribution is -2.32. The highest BCUT2D eigenvalue weighted by atomic mass is 16.5. The van der Waals surface area contributed by atoms with E-state index in [0.717, 1.165) is 0 Å².